The van der Waals surface area contributed by atoms with E-state index in [1.807, 2.05) is 0 Å². The fourth-order valence-corrected chi connectivity index (χ4v) is 2.71. The first-order valence-electron chi connectivity index (χ1n) is 5.97. The third-order valence-electron chi connectivity index (χ3n) is 2.67. The monoisotopic (exact) mass is 299 g/mol. The predicted molar refractivity (Wildman–Crippen MR) is 74.8 cm³/mol. The molecule has 19 heavy (non-hydrogen) atoms. The molecule has 2 rings (SSSR count). The average molecular weight is 300 g/mol. The third kappa shape index (κ3) is 4.76. The molecule has 1 unspecified atom stereocenters. The lowest BCUT2D eigenvalue weighted by Gasteiger charge is -2.04. The summed E-state index contributed by atoms with van der Waals surface area (Å²) in [5.41, 5.74) is 0.420. The molecule has 102 valence electrons. The van der Waals surface area contributed by atoms with Crippen LogP contribution in [0.4, 0.5) is 0 Å². The average Bonchev–Trinajstić information content (AvgIpc) is 3.12. The number of nitrogens with one attached hydrogen (secondary N) is 1. The number of hydrogen-bond acceptors (Lipinski definition) is 3. The van der Waals surface area contributed by atoms with E-state index in [1.165, 1.54) is 6.07 Å². The van der Waals surface area contributed by atoms with Crippen LogP contribution in [0, 0.1) is 0 Å². The first-order valence-corrected chi connectivity index (χ1v) is 7.84. The van der Waals surface area contributed by atoms with Crippen molar-refractivity contribution in [1.82, 2.24) is 5.32 Å². The maximum absolute atomic E-state index is 11.8. The highest BCUT2D eigenvalue weighted by atomic mass is 35.5. The summed E-state index contributed by atoms with van der Waals surface area (Å²) in [5.74, 6) is -0.791. The van der Waals surface area contributed by atoms with E-state index in [2.05, 4.69) is 5.32 Å². The van der Waals surface area contributed by atoms with Gasteiger partial charge in [-0.05, 0) is 25.0 Å². The molecule has 1 aromatic carbocycles. The zero-order valence-electron chi connectivity index (χ0n) is 10.2. The highest BCUT2D eigenvalue weighted by Gasteiger charge is 2.24. The molecule has 0 aliphatic heterocycles. The van der Waals surface area contributed by atoms with Gasteiger partial charge >= 0.3 is 0 Å². The van der Waals surface area contributed by atoms with Crippen molar-refractivity contribution in [3.8, 4) is 0 Å². The topological polar surface area (TPSA) is 63.2 Å². The van der Waals surface area contributed by atoms with Crippen LogP contribution in [0.15, 0.2) is 24.3 Å². The predicted octanol–water partition coefficient (Wildman–Crippen LogP) is 1.55. The molecule has 1 N–H and O–H groups in total. The molecular weight excluding hydrogens is 286 g/mol. The van der Waals surface area contributed by atoms with Crippen LogP contribution in [0.25, 0.3) is 0 Å². The van der Waals surface area contributed by atoms with E-state index in [1.54, 1.807) is 18.2 Å². The molecule has 0 radical (unpaired) electrons. The van der Waals surface area contributed by atoms with Gasteiger partial charge in [0.25, 0.3) is 0 Å². The number of carbonyl (C=O) groups excluding carboxylic acids is 2. The van der Waals surface area contributed by atoms with Crippen molar-refractivity contribution in [2.45, 2.75) is 18.9 Å². The van der Waals surface area contributed by atoms with Gasteiger partial charge in [0.15, 0.2) is 5.78 Å². The molecule has 6 heteroatoms. The quantitative estimate of drug-likeness (QED) is 0.811. The van der Waals surface area contributed by atoms with E-state index in [0.717, 1.165) is 12.8 Å². The molecule has 1 aromatic rings. The van der Waals surface area contributed by atoms with E-state index < -0.39 is 10.8 Å². The summed E-state index contributed by atoms with van der Waals surface area (Å²) >= 11 is 5.78. The molecule has 1 saturated carbocycles. The summed E-state index contributed by atoms with van der Waals surface area (Å²) in [5, 5.41) is 3.20. The van der Waals surface area contributed by atoms with Crippen molar-refractivity contribution in [2.24, 2.45) is 0 Å². The largest absolute Gasteiger partial charge is 0.353 e. The Morgan fingerprint density at radius 3 is 2.68 bits per heavy atom. The number of carbonyl (C=O) groups is 2. The molecule has 0 saturated heterocycles. The normalized spacial score (nSPS) is 15.8. The molecule has 1 amide bonds. The zero-order valence-corrected chi connectivity index (χ0v) is 11.8. The lowest BCUT2D eigenvalue weighted by Crippen LogP contribution is -2.31. The van der Waals surface area contributed by atoms with E-state index in [4.69, 9.17) is 11.6 Å². The highest BCUT2D eigenvalue weighted by Crippen LogP contribution is 2.18. The van der Waals surface area contributed by atoms with E-state index in [0.29, 0.717) is 10.6 Å². The molecule has 1 atom stereocenters. The second kappa shape index (κ2) is 6.30. The van der Waals surface area contributed by atoms with Gasteiger partial charge in [-0.3, -0.25) is 13.8 Å². The Morgan fingerprint density at radius 1 is 1.32 bits per heavy atom. The summed E-state index contributed by atoms with van der Waals surface area (Å²) < 4.78 is 11.7. The summed E-state index contributed by atoms with van der Waals surface area (Å²) in [7, 11) is -1.48. The van der Waals surface area contributed by atoms with Gasteiger partial charge < -0.3 is 5.32 Å². The fourth-order valence-electron chi connectivity index (χ4n) is 1.59. The first kappa shape index (κ1) is 14.2. The number of amides is 1. The Kier molecular flexibility index (Phi) is 4.71. The van der Waals surface area contributed by atoms with Gasteiger partial charge in [-0.15, -0.1) is 0 Å². The summed E-state index contributed by atoms with van der Waals surface area (Å²) in [6.07, 6.45) is 1.97. The first-order chi connectivity index (χ1) is 9.04. The molecule has 1 fully saturated rings. The second-order valence-corrected chi connectivity index (χ2v) is 6.40. The van der Waals surface area contributed by atoms with E-state index in [-0.39, 0.29) is 29.2 Å². The van der Waals surface area contributed by atoms with Crippen LogP contribution >= 0.6 is 11.6 Å². The standard InChI is InChI=1S/C13H14ClNO3S/c14-10-3-1-2-9(6-10)12(16)7-19(18)8-13(17)15-11-4-5-11/h1-3,6,11H,4-5,7-8H2,(H,15,17). The molecule has 0 bridgehead atoms. The molecule has 1 aliphatic carbocycles. The van der Waals surface area contributed by atoms with Crippen LogP contribution in [0.3, 0.4) is 0 Å². The van der Waals surface area contributed by atoms with Crippen molar-refractivity contribution < 1.29 is 13.8 Å². The van der Waals surface area contributed by atoms with Crippen LogP contribution < -0.4 is 5.32 Å². The number of ketones is 1. The number of Topliss-reactive ketones (excluding diaryl/α,β-unsaturated/α-hetero) is 1. The zero-order chi connectivity index (χ0) is 13.8. The number of hydrogen-bond donors (Lipinski definition) is 1. The summed E-state index contributed by atoms with van der Waals surface area (Å²) in [6.45, 7) is 0. The molecular formula is C13H14ClNO3S. The lowest BCUT2D eigenvalue weighted by molar-refractivity contribution is -0.118. The van der Waals surface area contributed by atoms with E-state index in [9.17, 15) is 13.8 Å². The van der Waals surface area contributed by atoms with Gasteiger partial charge in [-0.25, -0.2) is 0 Å². The minimum atomic E-state index is -1.48. The maximum atomic E-state index is 11.8. The summed E-state index contributed by atoms with van der Waals surface area (Å²) in [4.78, 5) is 23.3. The molecule has 0 spiro atoms. The Hall–Kier alpha value is -1.20. The Morgan fingerprint density at radius 2 is 2.05 bits per heavy atom. The van der Waals surface area contributed by atoms with Crippen LogP contribution in [-0.4, -0.2) is 33.4 Å². The Labute approximate surface area is 119 Å². The fraction of sp³-hybridized carbons (Fsp3) is 0.385. The summed E-state index contributed by atoms with van der Waals surface area (Å²) in [6, 6.07) is 6.73. The van der Waals surface area contributed by atoms with Crippen molar-refractivity contribution >= 4 is 34.1 Å². The van der Waals surface area contributed by atoms with Gasteiger partial charge in [0.05, 0.1) is 5.75 Å². The van der Waals surface area contributed by atoms with Gasteiger partial charge in [-0.1, -0.05) is 23.7 Å². The lowest BCUT2D eigenvalue weighted by atomic mass is 10.1. The van der Waals surface area contributed by atoms with Crippen LogP contribution in [-0.2, 0) is 15.6 Å². The third-order valence-corrected chi connectivity index (χ3v) is 4.08. The van der Waals surface area contributed by atoms with Gasteiger partial charge in [0, 0.05) is 27.4 Å². The maximum Gasteiger partial charge on any atom is 0.232 e. The van der Waals surface area contributed by atoms with Crippen LogP contribution in [0.2, 0.25) is 5.02 Å². The molecule has 1 aliphatic rings. The minimum absolute atomic E-state index is 0.122. The van der Waals surface area contributed by atoms with E-state index >= 15 is 0 Å². The van der Waals surface area contributed by atoms with Crippen molar-refractivity contribution in [1.29, 1.82) is 0 Å². The van der Waals surface area contributed by atoms with Gasteiger partial charge in [0.1, 0.15) is 5.75 Å². The molecule has 0 aromatic heterocycles. The minimum Gasteiger partial charge on any atom is -0.353 e. The smallest absolute Gasteiger partial charge is 0.232 e. The number of halogens is 1. The van der Waals surface area contributed by atoms with Crippen LogP contribution in [0.1, 0.15) is 23.2 Å². The molecule has 0 heterocycles. The SMILES string of the molecule is O=C(CS(=O)CC(=O)c1cccc(Cl)c1)NC1CC1. The highest BCUT2D eigenvalue weighted by molar-refractivity contribution is 7.86. The van der Waals surface area contributed by atoms with Crippen molar-refractivity contribution in [2.75, 3.05) is 11.5 Å². The molecule has 4 nitrogen and oxygen atoms in total. The van der Waals surface area contributed by atoms with Crippen molar-refractivity contribution in [3.05, 3.63) is 34.9 Å². The second-order valence-electron chi connectivity index (χ2n) is 4.50. The van der Waals surface area contributed by atoms with Crippen LogP contribution in [0.5, 0.6) is 0 Å². The Bertz CT molecular complexity index is 528. The van der Waals surface area contributed by atoms with Gasteiger partial charge in [0.2, 0.25) is 5.91 Å². The Balaban J connectivity index is 1.84. The van der Waals surface area contributed by atoms with Gasteiger partial charge in [-0.2, -0.15) is 0 Å². The van der Waals surface area contributed by atoms with Crippen molar-refractivity contribution in [3.63, 3.8) is 0 Å². The number of rotatable bonds is 6. The number of benzene rings is 1.